The molecule has 0 heterocycles. The van der Waals surface area contributed by atoms with Crippen LogP contribution in [0.25, 0.3) is 0 Å². The second-order valence-corrected chi connectivity index (χ2v) is 10.4. The summed E-state index contributed by atoms with van der Waals surface area (Å²) >= 11 is 0. The molecule has 3 aliphatic rings. The fourth-order valence-corrected chi connectivity index (χ4v) is 6.57. The van der Waals surface area contributed by atoms with Crippen LogP contribution in [0.1, 0.15) is 102 Å². The third kappa shape index (κ3) is 5.74. The Morgan fingerprint density at radius 3 is 1.69 bits per heavy atom. The van der Waals surface area contributed by atoms with E-state index >= 15 is 0 Å². The first-order valence-electron chi connectivity index (χ1n) is 12.6. The second-order valence-electron chi connectivity index (χ2n) is 10.4. The molecule has 0 N–H and O–H groups in total. The summed E-state index contributed by atoms with van der Waals surface area (Å²) in [7, 11) is 0. The Morgan fingerprint density at radius 2 is 1.17 bits per heavy atom. The van der Waals surface area contributed by atoms with Crippen molar-refractivity contribution in [2.45, 2.75) is 96.3 Å². The molecule has 0 nitrogen and oxygen atoms in total. The molecule has 0 atom stereocenters. The van der Waals surface area contributed by atoms with Crippen molar-refractivity contribution in [2.75, 3.05) is 0 Å². The van der Waals surface area contributed by atoms with E-state index in [0.717, 1.165) is 29.6 Å². The number of hydrogen-bond donors (Lipinski definition) is 0. The third-order valence-corrected chi connectivity index (χ3v) is 8.72. The first-order chi connectivity index (χ1) is 14.2. The van der Waals surface area contributed by atoms with Crippen LogP contribution in [-0.4, -0.2) is 0 Å². The molecule has 0 saturated heterocycles. The molecule has 29 heavy (non-hydrogen) atoms. The van der Waals surface area contributed by atoms with Crippen LogP contribution in [-0.2, 0) is 0 Å². The molecule has 3 aliphatic carbocycles. The molecule has 0 bridgehead atoms. The van der Waals surface area contributed by atoms with Crippen molar-refractivity contribution in [1.82, 2.24) is 0 Å². The lowest BCUT2D eigenvalue weighted by molar-refractivity contribution is 0.154. The normalized spacial score (nSPS) is 36.3. The molecule has 3 fully saturated rings. The standard InChI is InChI=1S/C28H41F/c1-2-21-5-11-24(12-6-21)25-13-7-22(8-14-25)3-4-23-9-15-26(16-10-23)27-17-19-28(29)20-18-27/h3-4,17-26H,2,5-16H2,1H3/b4-3+. The van der Waals surface area contributed by atoms with Gasteiger partial charge in [-0.25, -0.2) is 4.39 Å². The monoisotopic (exact) mass is 396 g/mol. The van der Waals surface area contributed by atoms with Crippen LogP contribution in [0.15, 0.2) is 36.4 Å². The van der Waals surface area contributed by atoms with Gasteiger partial charge in [-0.05, 0) is 117 Å². The van der Waals surface area contributed by atoms with Gasteiger partial charge in [0.15, 0.2) is 0 Å². The van der Waals surface area contributed by atoms with Gasteiger partial charge in [0.1, 0.15) is 5.82 Å². The van der Waals surface area contributed by atoms with E-state index in [-0.39, 0.29) is 5.82 Å². The summed E-state index contributed by atoms with van der Waals surface area (Å²) in [5.74, 6) is 5.24. The van der Waals surface area contributed by atoms with Gasteiger partial charge in [0.25, 0.3) is 0 Å². The van der Waals surface area contributed by atoms with E-state index in [1.54, 1.807) is 12.1 Å². The zero-order valence-corrected chi connectivity index (χ0v) is 18.5. The van der Waals surface area contributed by atoms with Gasteiger partial charge in [-0.15, -0.1) is 0 Å². The average Bonchev–Trinajstić information content (AvgIpc) is 2.79. The van der Waals surface area contributed by atoms with Crippen molar-refractivity contribution < 1.29 is 4.39 Å². The highest BCUT2D eigenvalue weighted by molar-refractivity contribution is 5.21. The largest absolute Gasteiger partial charge is 0.207 e. The van der Waals surface area contributed by atoms with Gasteiger partial charge in [-0.3, -0.25) is 0 Å². The maximum atomic E-state index is 13.1. The molecule has 0 aliphatic heterocycles. The van der Waals surface area contributed by atoms with E-state index in [4.69, 9.17) is 0 Å². The second kappa shape index (κ2) is 10.3. The zero-order valence-electron chi connectivity index (χ0n) is 18.5. The van der Waals surface area contributed by atoms with E-state index < -0.39 is 0 Å². The van der Waals surface area contributed by atoms with Crippen molar-refractivity contribution in [3.8, 4) is 0 Å². The molecule has 4 rings (SSSR count). The van der Waals surface area contributed by atoms with Crippen molar-refractivity contribution in [3.63, 3.8) is 0 Å². The van der Waals surface area contributed by atoms with E-state index in [0.29, 0.717) is 5.92 Å². The highest BCUT2D eigenvalue weighted by Crippen LogP contribution is 2.42. The maximum Gasteiger partial charge on any atom is 0.123 e. The topological polar surface area (TPSA) is 0 Å². The SMILES string of the molecule is CCC1CCC(C2CCC(/C=C/C3CCC(c4ccc(F)cc4)CC3)CC2)CC1. The summed E-state index contributed by atoms with van der Waals surface area (Å²) in [6.45, 7) is 2.37. The minimum absolute atomic E-state index is 0.117. The van der Waals surface area contributed by atoms with Crippen LogP contribution in [0.5, 0.6) is 0 Å². The number of rotatable bonds is 5. The molecule has 3 saturated carbocycles. The predicted octanol–water partition coefficient (Wildman–Crippen LogP) is 8.68. The van der Waals surface area contributed by atoms with Gasteiger partial charge in [-0.1, -0.05) is 50.5 Å². The molecule has 160 valence electrons. The Bertz CT molecular complexity index is 621. The molecule has 1 aromatic carbocycles. The van der Waals surface area contributed by atoms with Gasteiger partial charge in [0.2, 0.25) is 0 Å². The fourth-order valence-electron chi connectivity index (χ4n) is 6.57. The van der Waals surface area contributed by atoms with E-state index in [1.165, 1.54) is 89.0 Å². The third-order valence-electron chi connectivity index (χ3n) is 8.72. The lowest BCUT2D eigenvalue weighted by Gasteiger charge is -2.37. The summed E-state index contributed by atoms with van der Waals surface area (Å²) in [5, 5.41) is 0. The number of allylic oxidation sites excluding steroid dienone is 2. The Hall–Kier alpha value is -1.11. The lowest BCUT2D eigenvalue weighted by Crippen LogP contribution is -2.25. The van der Waals surface area contributed by atoms with Gasteiger partial charge in [-0.2, -0.15) is 0 Å². The molecular formula is C28H41F. The molecule has 0 unspecified atom stereocenters. The Balaban J connectivity index is 1.17. The molecule has 1 aromatic rings. The van der Waals surface area contributed by atoms with Crippen LogP contribution >= 0.6 is 0 Å². The van der Waals surface area contributed by atoms with Crippen LogP contribution in [0, 0.1) is 35.4 Å². The highest BCUT2D eigenvalue weighted by Gasteiger charge is 2.30. The molecule has 0 amide bonds. The number of hydrogen-bond acceptors (Lipinski definition) is 0. The van der Waals surface area contributed by atoms with Crippen LogP contribution in [0.4, 0.5) is 4.39 Å². The lowest BCUT2D eigenvalue weighted by atomic mass is 9.69. The summed E-state index contributed by atoms with van der Waals surface area (Å²) < 4.78 is 13.1. The predicted molar refractivity (Wildman–Crippen MR) is 121 cm³/mol. The molecule has 0 radical (unpaired) electrons. The first kappa shape index (κ1) is 21.1. The van der Waals surface area contributed by atoms with Gasteiger partial charge in [0.05, 0.1) is 0 Å². The Morgan fingerprint density at radius 1 is 0.690 bits per heavy atom. The zero-order chi connectivity index (χ0) is 20.1. The van der Waals surface area contributed by atoms with E-state index in [1.807, 2.05) is 12.1 Å². The van der Waals surface area contributed by atoms with Crippen LogP contribution in [0.2, 0.25) is 0 Å². The molecule has 1 heteroatoms. The highest BCUT2D eigenvalue weighted by atomic mass is 19.1. The first-order valence-corrected chi connectivity index (χ1v) is 12.6. The van der Waals surface area contributed by atoms with Gasteiger partial charge >= 0.3 is 0 Å². The quantitative estimate of drug-likeness (QED) is 0.437. The van der Waals surface area contributed by atoms with Crippen molar-refractivity contribution in [2.24, 2.45) is 29.6 Å². The fraction of sp³-hybridized carbons (Fsp3) is 0.714. The molecule has 0 aromatic heterocycles. The van der Waals surface area contributed by atoms with Crippen molar-refractivity contribution in [1.29, 1.82) is 0 Å². The summed E-state index contributed by atoms with van der Waals surface area (Å²) in [5.41, 5.74) is 1.33. The molecule has 0 spiro atoms. The van der Waals surface area contributed by atoms with Crippen molar-refractivity contribution in [3.05, 3.63) is 47.8 Å². The average molecular weight is 397 g/mol. The smallest absolute Gasteiger partial charge is 0.123 e. The summed E-state index contributed by atoms with van der Waals surface area (Å²) in [4.78, 5) is 0. The Kier molecular flexibility index (Phi) is 7.49. The number of benzene rings is 1. The van der Waals surface area contributed by atoms with Crippen LogP contribution in [0.3, 0.4) is 0 Å². The van der Waals surface area contributed by atoms with Crippen LogP contribution < -0.4 is 0 Å². The number of halogens is 1. The summed E-state index contributed by atoms with van der Waals surface area (Å²) in [6.07, 6.45) is 23.5. The Labute approximate surface area is 178 Å². The maximum absolute atomic E-state index is 13.1. The molecular weight excluding hydrogens is 355 g/mol. The summed E-state index contributed by atoms with van der Waals surface area (Å²) in [6, 6.07) is 7.22. The minimum Gasteiger partial charge on any atom is -0.207 e. The van der Waals surface area contributed by atoms with E-state index in [2.05, 4.69) is 19.1 Å². The van der Waals surface area contributed by atoms with Gasteiger partial charge in [0, 0.05) is 0 Å². The minimum atomic E-state index is -0.117. The van der Waals surface area contributed by atoms with E-state index in [9.17, 15) is 4.39 Å². The van der Waals surface area contributed by atoms with Crippen molar-refractivity contribution >= 4 is 0 Å². The van der Waals surface area contributed by atoms with Gasteiger partial charge < -0.3 is 0 Å².